The van der Waals surface area contributed by atoms with Crippen molar-refractivity contribution < 1.29 is 12.9 Å². The SMILES string of the molecule is Cc1noc([C@H]2CCCN2S(=O)(=O)c2ccc3c(c2)CCCC3)n1. The monoisotopic (exact) mass is 347 g/mol. The van der Waals surface area contributed by atoms with Crippen LogP contribution in [0.1, 0.15) is 54.6 Å². The highest BCUT2D eigenvalue weighted by atomic mass is 32.2. The van der Waals surface area contributed by atoms with Crippen molar-refractivity contribution in [3.63, 3.8) is 0 Å². The maximum absolute atomic E-state index is 13.1. The van der Waals surface area contributed by atoms with Gasteiger partial charge in [-0.05, 0) is 68.7 Å². The summed E-state index contributed by atoms with van der Waals surface area (Å²) in [5.74, 6) is 0.926. The molecule has 1 aromatic carbocycles. The molecule has 0 unspecified atom stereocenters. The second-order valence-corrected chi connectivity index (χ2v) is 8.48. The molecule has 0 radical (unpaired) electrons. The molecule has 1 aliphatic carbocycles. The number of nitrogens with zero attached hydrogens (tertiary/aromatic N) is 3. The van der Waals surface area contributed by atoms with Gasteiger partial charge in [0.1, 0.15) is 6.04 Å². The van der Waals surface area contributed by atoms with E-state index in [2.05, 4.69) is 10.1 Å². The van der Waals surface area contributed by atoms with Crippen molar-refractivity contribution in [2.24, 2.45) is 0 Å². The molecule has 2 aromatic rings. The van der Waals surface area contributed by atoms with Crippen molar-refractivity contribution in [1.29, 1.82) is 0 Å². The number of sulfonamides is 1. The van der Waals surface area contributed by atoms with Gasteiger partial charge in [-0.3, -0.25) is 0 Å². The average molecular weight is 347 g/mol. The predicted octanol–water partition coefficient (Wildman–Crippen LogP) is 2.78. The molecule has 128 valence electrons. The van der Waals surface area contributed by atoms with Gasteiger partial charge < -0.3 is 4.52 Å². The Hall–Kier alpha value is -1.73. The van der Waals surface area contributed by atoms with Gasteiger partial charge in [0.2, 0.25) is 15.9 Å². The smallest absolute Gasteiger partial charge is 0.245 e. The van der Waals surface area contributed by atoms with E-state index in [4.69, 9.17) is 4.52 Å². The molecular formula is C17H21N3O3S. The van der Waals surface area contributed by atoms with Crippen LogP contribution >= 0.6 is 0 Å². The van der Waals surface area contributed by atoms with E-state index in [1.807, 2.05) is 12.1 Å². The Morgan fingerprint density at radius 1 is 1.17 bits per heavy atom. The van der Waals surface area contributed by atoms with Crippen molar-refractivity contribution in [2.45, 2.75) is 56.4 Å². The largest absolute Gasteiger partial charge is 0.338 e. The lowest BCUT2D eigenvalue weighted by Crippen LogP contribution is -2.31. The molecular weight excluding hydrogens is 326 g/mol. The summed E-state index contributed by atoms with van der Waals surface area (Å²) < 4.78 is 33.0. The quantitative estimate of drug-likeness (QED) is 0.853. The van der Waals surface area contributed by atoms with Crippen LogP contribution in [0, 0.1) is 6.92 Å². The average Bonchev–Trinajstić information content (AvgIpc) is 3.23. The molecule has 1 aliphatic heterocycles. The van der Waals surface area contributed by atoms with Gasteiger partial charge in [-0.1, -0.05) is 11.2 Å². The van der Waals surface area contributed by atoms with E-state index in [0.717, 1.165) is 25.7 Å². The fraction of sp³-hybridized carbons (Fsp3) is 0.529. The number of aryl methyl sites for hydroxylation is 3. The van der Waals surface area contributed by atoms with Crippen molar-refractivity contribution >= 4 is 10.0 Å². The summed E-state index contributed by atoms with van der Waals surface area (Å²) in [5, 5.41) is 3.80. The summed E-state index contributed by atoms with van der Waals surface area (Å²) in [5.41, 5.74) is 2.46. The minimum absolute atomic E-state index is 0.354. The number of hydrogen-bond donors (Lipinski definition) is 0. The first-order chi connectivity index (χ1) is 11.6. The Morgan fingerprint density at radius 3 is 2.71 bits per heavy atom. The molecule has 0 amide bonds. The molecule has 0 spiro atoms. The summed E-state index contributed by atoms with van der Waals surface area (Å²) in [4.78, 5) is 4.62. The zero-order valence-corrected chi connectivity index (χ0v) is 14.6. The van der Waals surface area contributed by atoms with Gasteiger partial charge in [0.15, 0.2) is 5.82 Å². The Kier molecular flexibility index (Phi) is 3.92. The van der Waals surface area contributed by atoms with Crippen LogP contribution < -0.4 is 0 Å². The molecule has 7 heteroatoms. The molecule has 24 heavy (non-hydrogen) atoms. The molecule has 0 bridgehead atoms. The zero-order chi connectivity index (χ0) is 16.7. The molecule has 6 nitrogen and oxygen atoms in total. The molecule has 2 heterocycles. The van der Waals surface area contributed by atoms with E-state index in [9.17, 15) is 8.42 Å². The molecule has 1 atom stereocenters. The summed E-state index contributed by atoms with van der Waals surface area (Å²) in [6.07, 6.45) is 5.84. The van der Waals surface area contributed by atoms with E-state index < -0.39 is 10.0 Å². The van der Waals surface area contributed by atoms with E-state index in [-0.39, 0.29) is 6.04 Å². The summed E-state index contributed by atoms with van der Waals surface area (Å²) >= 11 is 0. The van der Waals surface area contributed by atoms with Gasteiger partial charge >= 0.3 is 0 Å². The highest BCUT2D eigenvalue weighted by Crippen LogP contribution is 2.36. The number of fused-ring (bicyclic) bond motifs is 1. The minimum Gasteiger partial charge on any atom is -0.338 e. The van der Waals surface area contributed by atoms with E-state index >= 15 is 0 Å². The van der Waals surface area contributed by atoms with Crippen molar-refractivity contribution in [3.8, 4) is 0 Å². The number of benzene rings is 1. The highest BCUT2D eigenvalue weighted by molar-refractivity contribution is 7.89. The van der Waals surface area contributed by atoms with Crippen molar-refractivity contribution in [2.75, 3.05) is 6.54 Å². The van der Waals surface area contributed by atoms with Gasteiger partial charge in [0, 0.05) is 6.54 Å². The topological polar surface area (TPSA) is 76.3 Å². The van der Waals surface area contributed by atoms with Gasteiger partial charge in [-0.2, -0.15) is 9.29 Å². The minimum atomic E-state index is -3.55. The maximum Gasteiger partial charge on any atom is 0.245 e. The van der Waals surface area contributed by atoms with Crippen LogP contribution in [-0.4, -0.2) is 29.4 Å². The third-order valence-corrected chi connectivity index (χ3v) is 6.86. The first-order valence-corrected chi connectivity index (χ1v) is 9.93. The molecule has 0 saturated carbocycles. The summed E-state index contributed by atoms with van der Waals surface area (Å²) in [7, 11) is -3.55. The molecule has 1 fully saturated rings. The second-order valence-electron chi connectivity index (χ2n) is 6.59. The zero-order valence-electron chi connectivity index (χ0n) is 13.7. The van der Waals surface area contributed by atoms with Gasteiger partial charge in [0.25, 0.3) is 0 Å². The predicted molar refractivity (Wildman–Crippen MR) is 88.0 cm³/mol. The number of rotatable bonds is 3. The number of hydrogen-bond acceptors (Lipinski definition) is 5. The molecule has 2 aliphatic rings. The van der Waals surface area contributed by atoms with Crippen LogP contribution in [0.15, 0.2) is 27.6 Å². The second kappa shape index (κ2) is 5.97. The van der Waals surface area contributed by atoms with Crippen molar-refractivity contribution in [1.82, 2.24) is 14.4 Å². The Bertz CT molecular complexity index is 860. The van der Waals surface area contributed by atoms with Gasteiger partial charge in [-0.25, -0.2) is 8.42 Å². The lowest BCUT2D eigenvalue weighted by molar-refractivity contribution is 0.289. The van der Waals surface area contributed by atoms with Crippen LogP contribution in [0.4, 0.5) is 0 Å². The van der Waals surface area contributed by atoms with Gasteiger partial charge in [-0.15, -0.1) is 0 Å². The standard InChI is InChI=1S/C17H21N3O3S/c1-12-18-17(23-19-12)16-7-4-10-20(16)24(21,22)15-9-8-13-5-2-3-6-14(13)11-15/h8-9,11,16H,2-7,10H2,1H3/t16-/m1/s1. The highest BCUT2D eigenvalue weighted by Gasteiger charge is 2.39. The Labute approximate surface area is 141 Å². The van der Waals surface area contributed by atoms with Crippen LogP contribution in [0.2, 0.25) is 0 Å². The summed E-state index contributed by atoms with van der Waals surface area (Å²) in [6.45, 7) is 2.23. The van der Waals surface area contributed by atoms with Crippen molar-refractivity contribution in [3.05, 3.63) is 41.0 Å². The van der Waals surface area contributed by atoms with E-state index in [1.165, 1.54) is 21.9 Å². The first-order valence-electron chi connectivity index (χ1n) is 8.49. The third-order valence-electron chi connectivity index (χ3n) is 4.96. The normalized spacial score (nSPS) is 21.8. The lowest BCUT2D eigenvalue weighted by Gasteiger charge is -2.23. The molecule has 0 N–H and O–H groups in total. The molecule has 1 aromatic heterocycles. The van der Waals surface area contributed by atoms with E-state index in [1.54, 1.807) is 13.0 Å². The number of aromatic nitrogens is 2. The fourth-order valence-electron chi connectivity index (χ4n) is 3.73. The first kappa shape index (κ1) is 15.8. The van der Waals surface area contributed by atoms with Crippen LogP contribution in [0.25, 0.3) is 0 Å². The van der Waals surface area contributed by atoms with Crippen LogP contribution in [0.3, 0.4) is 0 Å². The maximum atomic E-state index is 13.1. The van der Waals surface area contributed by atoms with E-state index in [0.29, 0.717) is 29.6 Å². The Balaban J connectivity index is 1.69. The Morgan fingerprint density at radius 2 is 1.96 bits per heavy atom. The van der Waals surface area contributed by atoms with Gasteiger partial charge in [0.05, 0.1) is 4.90 Å². The van der Waals surface area contributed by atoms with Crippen LogP contribution in [-0.2, 0) is 22.9 Å². The summed E-state index contributed by atoms with van der Waals surface area (Å²) in [6, 6.07) is 5.22. The fourth-order valence-corrected chi connectivity index (χ4v) is 5.43. The third kappa shape index (κ3) is 2.65. The molecule has 1 saturated heterocycles. The van der Waals surface area contributed by atoms with Crippen LogP contribution in [0.5, 0.6) is 0 Å². The lowest BCUT2D eigenvalue weighted by atomic mass is 9.92. The molecule has 4 rings (SSSR count).